The Morgan fingerprint density at radius 3 is 2.85 bits per heavy atom. The number of quaternary nitrogens is 1. The lowest BCUT2D eigenvalue weighted by Crippen LogP contribution is -2.46. The molecule has 0 N–H and O–H groups in total. The Balaban J connectivity index is 2.00. The molecule has 2 aliphatic heterocycles. The molecule has 2 rings (SSSR count). The molecule has 0 radical (unpaired) electrons. The fraction of sp³-hybridized carbons (Fsp3) is 1.00. The minimum atomic E-state index is 0.634. The molecule has 0 aromatic carbocycles. The maximum Gasteiger partial charge on any atom is 0.124 e. The van der Waals surface area contributed by atoms with Gasteiger partial charge in [-0.1, -0.05) is 0 Å². The molecule has 0 aromatic rings. The zero-order chi connectivity index (χ0) is 9.31. The Morgan fingerprint density at radius 1 is 1.38 bits per heavy atom. The Morgan fingerprint density at radius 2 is 2.23 bits per heavy atom. The van der Waals surface area contributed by atoms with Crippen molar-refractivity contribution in [2.24, 2.45) is 0 Å². The van der Waals surface area contributed by atoms with Gasteiger partial charge in [0.1, 0.15) is 19.1 Å². The molecule has 2 fully saturated rings. The number of fused-ring (bicyclic) bond motifs is 1. The van der Waals surface area contributed by atoms with Gasteiger partial charge < -0.3 is 4.18 Å². The van der Waals surface area contributed by atoms with E-state index in [0.717, 1.165) is 17.2 Å². The molecule has 2 aliphatic rings. The lowest BCUT2D eigenvalue weighted by atomic mass is 10.1. The SMILES string of the molecule is COSC1CC2CCC[N+]2(OC)C1. The molecule has 2 saturated heterocycles. The Labute approximate surface area is 84.1 Å². The van der Waals surface area contributed by atoms with Crippen LogP contribution in [0, 0.1) is 0 Å². The molecule has 2 heterocycles. The lowest BCUT2D eigenvalue weighted by Gasteiger charge is -2.29. The van der Waals surface area contributed by atoms with Crippen molar-refractivity contribution in [2.75, 3.05) is 27.3 Å². The third-order valence-corrected chi connectivity index (χ3v) is 4.19. The first-order valence-corrected chi connectivity index (χ1v) is 5.73. The molecule has 3 nitrogen and oxygen atoms in total. The van der Waals surface area contributed by atoms with Gasteiger partial charge in [-0.15, -0.1) is 0 Å². The molecule has 0 aliphatic carbocycles. The maximum absolute atomic E-state index is 5.67. The molecular formula is C9H18NO2S+. The Bertz CT molecular complexity index is 190. The first-order chi connectivity index (χ1) is 6.30. The van der Waals surface area contributed by atoms with Crippen LogP contribution in [-0.2, 0) is 9.02 Å². The summed E-state index contributed by atoms with van der Waals surface area (Å²) >= 11 is 1.61. The van der Waals surface area contributed by atoms with Gasteiger partial charge in [-0.25, -0.2) is 4.84 Å². The highest BCUT2D eigenvalue weighted by Crippen LogP contribution is 2.40. The van der Waals surface area contributed by atoms with Crippen LogP contribution in [0.25, 0.3) is 0 Å². The van der Waals surface area contributed by atoms with Crippen molar-refractivity contribution >= 4 is 12.0 Å². The van der Waals surface area contributed by atoms with Gasteiger partial charge in [0, 0.05) is 31.3 Å². The van der Waals surface area contributed by atoms with E-state index in [1.54, 1.807) is 19.2 Å². The summed E-state index contributed by atoms with van der Waals surface area (Å²) in [6, 6.07) is 0.734. The smallest absolute Gasteiger partial charge is 0.124 e. The summed E-state index contributed by atoms with van der Waals surface area (Å²) in [5.74, 6) is 0. The number of nitrogens with zero attached hydrogens (tertiary/aromatic N) is 1. The van der Waals surface area contributed by atoms with Crippen LogP contribution < -0.4 is 0 Å². The van der Waals surface area contributed by atoms with Crippen LogP contribution in [0.15, 0.2) is 0 Å². The van der Waals surface area contributed by atoms with Crippen LogP contribution in [0.1, 0.15) is 19.3 Å². The van der Waals surface area contributed by atoms with Crippen molar-refractivity contribution in [2.45, 2.75) is 30.6 Å². The molecule has 3 atom stereocenters. The van der Waals surface area contributed by atoms with Crippen molar-refractivity contribution in [3.8, 4) is 0 Å². The molecular weight excluding hydrogens is 186 g/mol. The summed E-state index contributed by atoms with van der Waals surface area (Å²) in [6.07, 6.45) is 3.91. The van der Waals surface area contributed by atoms with E-state index in [9.17, 15) is 0 Å². The molecule has 0 saturated carbocycles. The Kier molecular flexibility index (Phi) is 2.83. The molecule has 0 aromatic heterocycles. The minimum absolute atomic E-state index is 0.634. The van der Waals surface area contributed by atoms with Gasteiger partial charge >= 0.3 is 0 Å². The zero-order valence-corrected chi connectivity index (χ0v) is 9.18. The van der Waals surface area contributed by atoms with Crippen molar-refractivity contribution in [1.82, 2.24) is 0 Å². The van der Waals surface area contributed by atoms with Gasteiger partial charge in [0.15, 0.2) is 0 Å². The van der Waals surface area contributed by atoms with Crippen LogP contribution in [0.2, 0.25) is 0 Å². The predicted octanol–water partition coefficient (Wildman–Crippen LogP) is 1.59. The van der Waals surface area contributed by atoms with Crippen molar-refractivity contribution in [3.05, 3.63) is 0 Å². The van der Waals surface area contributed by atoms with E-state index in [1.807, 2.05) is 7.11 Å². The van der Waals surface area contributed by atoms with E-state index < -0.39 is 0 Å². The third kappa shape index (κ3) is 1.61. The third-order valence-electron chi connectivity index (χ3n) is 3.38. The standard InChI is InChI=1S/C9H18NO2S/c1-11-10-5-3-4-8(10)6-9(7-10)13-12-2/h8-9H,3-7H2,1-2H3/q+1. The van der Waals surface area contributed by atoms with Crippen LogP contribution in [0.3, 0.4) is 0 Å². The lowest BCUT2D eigenvalue weighted by molar-refractivity contribution is -1.10. The minimum Gasteiger partial charge on any atom is -0.318 e. The van der Waals surface area contributed by atoms with E-state index in [1.165, 1.54) is 25.8 Å². The summed E-state index contributed by atoms with van der Waals surface area (Å²) < 4.78 is 6.02. The fourth-order valence-electron chi connectivity index (χ4n) is 2.81. The fourth-order valence-corrected chi connectivity index (χ4v) is 3.69. The zero-order valence-electron chi connectivity index (χ0n) is 8.36. The first-order valence-electron chi connectivity index (χ1n) is 4.93. The second-order valence-corrected chi connectivity index (χ2v) is 5.15. The summed E-state index contributed by atoms with van der Waals surface area (Å²) in [7, 11) is 3.60. The summed E-state index contributed by atoms with van der Waals surface area (Å²) in [4.78, 5) is 5.67. The second kappa shape index (κ2) is 3.77. The highest BCUT2D eigenvalue weighted by molar-refractivity contribution is 7.95. The topological polar surface area (TPSA) is 18.5 Å². The molecule has 0 spiro atoms. The average Bonchev–Trinajstić information content (AvgIpc) is 2.61. The average molecular weight is 204 g/mol. The van der Waals surface area contributed by atoms with E-state index >= 15 is 0 Å². The number of hydrogen-bond donors (Lipinski definition) is 0. The van der Waals surface area contributed by atoms with Crippen LogP contribution in [0.4, 0.5) is 0 Å². The number of rotatable bonds is 3. The molecule has 13 heavy (non-hydrogen) atoms. The van der Waals surface area contributed by atoms with Crippen molar-refractivity contribution in [1.29, 1.82) is 0 Å². The summed E-state index contributed by atoms with van der Waals surface area (Å²) in [6.45, 7) is 2.32. The van der Waals surface area contributed by atoms with E-state index in [-0.39, 0.29) is 0 Å². The second-order valence-electron chi connectivity index (χ2n) is 3.96. The van der Waals surface area contributed by atoms with Gasteiger partial charge in [-0.3, -0.25) is 0 Å². The number of hydrogen-bond acceptors (Lipinski definition) is 3. The van der Waals surface area contributed by atoms with Crippen molar-refractivity contribution in [3.63, 3.8) is 0 Å². The van der Waals surface area contributed by atoms with E-state index in [4.69, 9.17) is 9.02 Å². The summed E-state index contributed by atoms with van der Waals surface area (Å²) in [5, 5.41) is 0.634. The Hall–Kier alpha value is 0.230. The predicted molar refractivity (Wildman–Crippen MR) is 53.0 cm³/mol. The van der Waals surface area contributed by atoms with E-state index in [2.05, 4.69) is 0 Å². The first kappa shape index (κ1) is 9.77. The quantitative estimate of drug-likeness (QED) is 0.514. The van der Waals surface area contributed by atoms with E-state index in [0.29, 0.717) is 5.25 Å². The monoisotopic (exact) mass is 204 g/mol. The maximum atomic E-state index is 5.67. The van der Waals surface area contributed by atoms with Gasteiger partial charge in [0.05, 0.1) is 19.5 Å². The van der Waals surface area contributed by atoms with Gasteiger partial charge in [0.2, 0.25) is 0 Å². The highest BCUT2D eigenvalue weighted by Gasteiger charge is 2.52. The molecule has 76 valence electrons. The molecule has 0 amide bonds. The van der Waals surface area contributed by atoms with Gasteiger partial charge in [-0.2, -0.15) is 4.65 Å². The number of hydroxylamine groups is 3. The molecule has 3 unspecified atom stereocenters. The van der Waals surface area contributed by atoms with Gasteiger partial charge in [-0.05, 0) is 0 Å². The van der Waals surface area contributed by atoms with Crippen LogP contribution in [0.5, 0.6) is 0 Å². The van der Waals surface area contributed by atoms with Crippen LogP contribution in [-0.4, -0.2) is 43.2 Å². The van der Waals surface area contributed by atoms with Gasteiger partial charge in [0.25, 0.3) is 0 Å². The summed E-state index contributed by atoms with van der Waals surface area (Å²) in [5.41, 5.74) is 0. The largest absolute Gasteiger partial charge is 0.318 e. The van der Waals surface area contributed by atoms with Crippen LogP contribution >= 0.6 is 12.0 Å². The molecule has 4 heteroatoms. The van der Waals surface area contributed by atoms with Crippen molar-refractivity contribution < 1.29 is 13.7 Å². The normalized spacial score (nSPS) is 43.8. The molecule has 0 bridgehead atoms. The highest BCUT2D eigenvalue weighted by atomic mass is 32.2.